The Morgan fingerprint density at radius 3 is 2.50 bits per heavy atom. The van der Waals surface area contributed by atoms with Gasteiger partial charge >= 0.3 is 0 Å². The van der Waals surface area contributed by atoms with Crippen molar-refractivity contribution in [3.05, 3.63) is 45.3 Å². The summed E-state index contributed by atoms with van der Waals surface area (Å²) in [5.74, 6) is 0.269. The topological polar surface area (TPSA) is 38.3 Å². The third kappa shape index (κ3) is 8.43. The lowest BCUT2D eigenvalue weighted by Crippen LogP contribution is -2.52. The van der Waals surface area contributed by atoms with Gasteiger partial charge in [0.2, 0.25) is 0 Å². The molecule has 1 aliphatic carbocycles. The van der Waals surface area contributed by atoms with Gasteiger partial charge in [-0.1, -0.05) is 67.9 Å². The first-order valence-electron chi connectivity index (χ1n) is 11.7. The van der Waals surface area contributed by atoms with E-state index in [1.807, 2.05) is 6.92 Å². The Kier molecular flexibility index (Phi) is 9.76. The summed E-state index contributed by atoms with van der Waals surface area (Å²) in [6, 6.07) is 5.96. The number of allylic oxidation sites excluding steroid dienone is 2. The molecular weight excluding hydrogens is 481 g/mol. The van der Waals surface area contributed by atoms with Crippen molar-refractivity contribution in [1.82, 2.24) is 5.32 Å². The van der Waals surface area contributed by atoms with Gasteiger partial charge in [-0.2, -0.15) is 0 Å². The highest BCUT2D eigenvalue weighted by Gasteiger charge is 2.35. The van der Waals surface area contributed by atoms with Crippen LogP contribution in [0, 0.1) is 0 Å². The highest BCUT2D eigenvalue weighted by atomic mass is 79.9. The molecule has 5 heteroatoms. The molecule has 1 aromatic carbocycles. The summed E-state index contributed by atoms with van der Waals surface area (Å²) in [4.78, 5) is 13.9. The van der Waals surface area contributed by atoms with Crippen molar-refractivity contribution in [3.63, 3.8) is 0 Å². The van der Waals surface area contributed by atoms with E-state index in [0.717, 1.165) is 39.9 Å². The molecule has 0 saturated carbocycles. The largest absolute Gasteiger partial charge is 0.376 e. The molecule has 0 bridgehead atoms. The second kappa shape index (κ2) is 11.4. The number of carbonyl (C=O) groups excluding carboxylic acids is 1. The monoisotopic (exact) mass is 521 g/mol. The van der Waals surface area contributed by atoms with Crippen LogP contribution < -0.4 is 15.8 Å². The molecular formula is C27H41BrNO2P. The molecule has 32 heavy (non-hydrogen) atoms. The number of rotatable bonds is 8. The molecule has 0 spiro atoms. The number of ether oxygens (including phenoxy) is 1. The van der Waals surface area contributed by atoms with E-state index in [1.165, 1.54) is 0 Å². The number of hydrogen-bond donors (Lipinski definition) is 1. The predicted molar refractivity (Wildman–Crippen MR) is 144 cm³/mol. The molecule has 1 aliphatic rings. The summed E-state index contributed by atoms with van der Waals surface area (Å²) in [6.45, 7) is 17.0. The maximum Gasteiger partial charge on any atom is 0.164 e. The standard InChI is InChI=1S/C27H41BrNO2P/c1-9-23(32-27(6,7)8)25(30)24(18(2)31-26(3,4)5)29-22-14-12-10-11-13-19-17-20(28)15-16-21(19)22/h10-11,13,15-18,23-24,29,32H,9,12,14H2,1-8H3/b11-10-,19-13-,22-21+/t18-,23?,24+/m1/s1. The van der Waals surface area contributed by atoms with Crippen molar-refractivity contribution < 1.29 is 9.53 Å². The molecule has 3 nitrogen and oxygen atoms in total. The van der Waals surface area contributed by atoms with Crippen molar-refractivity contribution in [1.29, 1.82) is 0 Å². The van der Waals surface area contributed by atoms with Crippen molar-refractivity contribution in [2.45, 2.75) is 103 Å². The SMILES string of the molecule is CCC(PC(C)(C)C)C(=O)[C@@H](N\C1=c2/ccc(Br)c/c2=C/C=C\CC1)[C@@H](C)OC(C)(C)C. The summed E-state index contributed by atoms with van der Waals surface area (Å²) < 4.78 is 7.38. The third-order valence-electron chi connectivity index (χ3n) is 5.32. The number of nitrogens with one attached hydrogen (secondary N) is 1. The van der Waals surface area contributed by atoms with Crippen LogP contribution >= 0.6 is 24.5 Å². The Bertz CT molecular complexity index is 940. The molecule has 0 heterocycles. The predicted octanol–water partition coefficient (Wildman–Crippen LogP) is 5.67. The van der Waals surface area contributed by atoms with Crippen LogP contribution in [0.4, 0.5) is 0 Å². The van der Waals surface area contributed by atoms with E-state index < -0.39 is 0 Å². The molecule has 0 amide bonds. The average molecular weight is 523 g/mol. The summed E-state index contributed by atoms with van der Waals surface area (Å²) >= 11 is 3.59. The van der Waals surface area contributed by atoms with Crippen LogP contribution in [-0.4, -0.2) is 34.3 Å². The van der Waals surface area contributed by atoms with E-state index in [0.29, 0.717) is 8.58 Å². The van der Waals surface area contributed by atoms with E-state index in [1.54, 1.807) is 0 Å². The quantitative estimate of drug-likeness (QED) is 0.447. The molecule has 0 saturated heterocycles. The Hall–Kier alpha value is -0.960. The van der Waals surface area contributed by atoms with E-state index in [-0.39, 0.29) is 34.3 Å². The molecule has 1 N–H and O–H groups in total. The number of ketones is 1. The summed E-state index contributed by atoms with van der Waals surface area (Å²) in [5, 5.41) is 6.13. The average Bonchev–Trinajstić information content (AvgIpc) is 2.64. The summed E-state index contributed by atoms with van der Waals surface area (Å²) in [6.07, 6.45) is 8.86. The van der Waals surface area contributed by atoms with Crippen LogP contribution in [0.15, 0.2) is 34.8 Å². The zero-order valence-corrected chi connectivity index (χ0v) is 23.6. The minimum Gasteiger partial charge on any atom is -0.376 e. The zero-order valence-electron chi connectivity index (χ0n) is 21.0. The zero-order chi connectivity index (χ0) is 24.1. The number of carbonyl (C=O) groups is 1. The fraction of sp³-hybridized carbons (Fsp3) is 0.593. The van der Waals surface area contributed by atoms with E-state index in [4.69, 9.17) is 4.74 Å². The van der Waals surface area contributed by atoms with Crippen LogP contribution in [-0.2, 0) is 9.53 Å². The van der Waals surface area contributed by atoms with Gasteiger partial charge in [0, 0.05) is 21.0 Å². The lowest BCUT2D eigenvalue weighted by molar-refractivity contribution is -0.128. The number of fused-ring (bicyclic) bond motifs is 1. The molecule has 0 fully saturated rings. The first kappa shape index (κ1) is 27.3. The van der Waals surface area contributed by atoms with Crippen molar-refractivity contribution in [2.75, 3.05) is 0 Å². The first-order chi connectivity index (χ1) is 14.8. The number of benzene rings is 1. The van der Waals surface area contributed by atoms with Crippen LogP contribution in [0.3, 0.4) is 0 Å². The van der Waals surface area contributed by atoms with Crippen LogP contribution in [0.25, 0.3) is 11.8 Å². The van der Waals surface area contributed by atoms with Gasteiger partial charge in [0.25, 0.3) is 0 Å². The van der Waals surface area contributed by atoms with Crippen LogP contribution in [0.2, 0.25) is 0 Å². The molecule has 178 valence electrons. The molecule has 2 unspecified atom stereocenters. The summed E-state index contributed by atoms with van der Waals surface area (Å²) in [5.41, 5.74) is 0.826. The summed E-state index contributed by atoms with van der Waals surface area (Å²) in [7, 11) is 0.580. The maximum atomic E-state index is 13.9. The Balaban J connectivity index is 2.52. The third-order valence-corrected chi connectivity index (χ3v) is 7.72. The van der Waals surface area contributed by atoms with Gasteiger partial charge < -0.3 is 10.1 Å². The van der Waals surface area contributed by atoms with Crippen molar-refractivity contribution >= 4 is 42.1 Å². The van der Waals surface area contributed by atoms with Gasteiger partial charge in [-0.25, -0.2) is 0 Å². The Labute approximate surface area is 205 Å². The molecule has 0 radical (unpaired) electrons. The van der Waals surface area contributed by atoms with Gasteiger partial charge in [0.15, 0.2) is 5.78 Å². The molecule has 4 atom stereocenters. The minimum absolute atomic E-state index is 0.0310. The van der Waals surface area contributed by atoms with E-state index in [9.17, 15) is 4.79 Å². The van der Waals surface area contributed by atoms with E-state index >= 15 is 0 Å². The minimum atomic E-state index is -0.385. The smallest absolute Gasteiger partial charge is 0.164 e. The van der Waals surface area contributed by atoms with Crippen molar-refractivity contribution in [3.8, 4) is 0 Å². The van der Waals surface area contributed by atoms with Gasteiger partial charge in [-0.15, -0.1) is 8.58 Å². The van der Waals surface area contributed by atoms with Gasteiger partial charge in [0.05, 0.1) is 11.7 Å². The second-order valence-corrected chi connectivity index (χ2v) is 14.1. The molecule has 1 aromatic rings. The lowest BCUT2D eigenvalue weighted by Gasteiger charge is -2.35. The fourth-order valence-corrected chi connectivity index (χ4v) is 6.02. The molecule has 2 rings (SSSR count). The van der Waals surface area contributed by atoms with Crippen LogP contribution in [0.1, 0.15) is 74.7 Å². The Morgan fingerprint density at radius 1 is 1.22 bits per heavy atom. The maximum absolute atomic E-state index is 13.9. The van der Waals surface area contributed by atoms with Gasteiger partial charge in [-0.3, -0.25) is 4.79 Å². The molecule has 0 aromatic heterocycles. The normalized spacial score (nSPS) is 21.6. The molecule has 0 aliphatic heterocycles. The highest BCUT2D eigenvalue weighted by Crippen LogP contribution is 2.38. The second-order valence-electron chi connectivity index (χ2n) is 10.7. The lowest BCUT2D eigenvalue weighted by atomic mass is 9.99. The number of halogens is 1. The van der Waals surface area contributed by atoms with Crippen LogP contribution in [0.5, 0.6) is 0 Å². The highest BCUT2D eigenvalue weighted by molar-refractivity contribution is 9.10. The van der Waals surface area contributed by atoms with E-state index in [2.05, 4.69) is 106 Å². The van der Waals surface area contributed by atoms with Crippen molar-refractivity contribution in [2.24, 2.45) is 0 Å². The van der Waals surface area contributed by atoms with Gasteiger partial charge in [0.1, 0.15) is 6.04 Å². The Morgan fingerprint density at radius 2 is 1.91 bits per heavy atom. The van der Waals surface area contributed by atoms with Gasteiger partial charge in [-0.05, 0) is 69.5 Å². The fourth-order valence-electron chi connectivity index (χ4n) is 4.07. The first-order valence-corrected chi connectivity index (χ1v) is 13.6. The number of hydrogen-bond acceptors (Lipinski definition) is 3. The number of Topliss-reactive ketones (excluding diaryl/α,β-unsaturated/α-hetero) is 1.